The smallest absolute Gasteiger partial charge is 0.330 e. The van der Waals surface area contributed by atoms with Crippen molar-refractivity contribution in [2.24, 2.45) is 0 Å². The van der Waals surface area contributed by atoms with E-state index in [1.165, 1.54) is 6.08 Å². The summed E-state index contributed by atoms with van der Waals surface area (Å²) in [6, 6.07) is 12.3. The average molecular weight is 594 g/mol. The van der Waals surface area contributed by atoms with Crippen molar-refractivity contribution in [1.29, 1.82) is 5.26 Å². The lowest BCUT2D eigenvalue weighted by molar-refractivity contribution is -0.143. The number of likely N-dealkylation sites (N-methyl/N-ethyl adjacent to an activating group) is 1. The minimum atomic E-state index is -0.599. The van der Waals surface area contributed by atoms with Crippen LogP contribution in [0.15, 0.2) is 42.5 Å². The van der Waals surface area contributed by atoms with Crippen molar-refractivity contribution in [3.8, 4) is 29.1 Å². The molecule has 1 fully saturated rings. The Morgan fingerprint density at radius 2 is 1.80 bits per heavy atom. The van der Waals surface area contributed by atoms with E-state index in [-0.39, 0.29) is 43.0 Å². The quantitative estimate of drug-likeness (QED) is 0.326. The molecule has 9 heteroatoms. The summed E-state index contributed by atoms with van der Waals surface area (Å²) in [5, 5.41) is 33.8. The molecule has 0 aliphatic carbocycles. The Bertz CT molecular complexity index is 1750. The predicted octanol–water partition coefficient (Wildman–Crippen LogP) is 4.78. The van der Waals surface area contributed by atoms with Gasteiger partial charge < -0.3 is 24.4 Å². The third-order valence-electron chi connectivity index (χ3n) is 10.1. The number of esters is 1. The van der Waals surface area contributed by atoms with Crippen LogP contribution in [-0.2, 0) is 22.4 Å². The van der Waals surface area contributed by atoms with Gasteiger partial charge in [-0.15, -0.1) is 0 Å². The maximum absolute atomic E-state index is 13.0. The summed E-state index contributed by atoms with van der Waals surface area (Å²) in [4.78, 5) is 17.4. The first-order valence-electron chi connectivity index (χ1n) is 15.0. The number of fused-ring (bicyclic) bond motifs is 9. The fourth-order valence-corrected chi connectivity index (χ4v) is 7.81. The number of benzene rings is 3. The van der Waals surface area contributed by atoms with E-state index in [1.54, 1.807) is 13.0 Å². The first-order chi connectivity index (χ1) is 21.2. The first-order valence-corrected chi connectivity index (χ1v) is 15.0. The molecule has 9 nitrogen and oxygen atoms in total. The maximum atomic E-state index is 13.0. The molecule has 0 radical (unpaired) electrons. The molecule has 4 aliphatic heterocycles. The van der Waals surface area contributed by atoms with Crippen LogP contribution in [0, 0.1) is 32.1 Å². The van der Waals surface area contributed by atoms with Gasteiger partial charge >= 0.3 is 5.97 Å². The number of nitriles is 1. The lowest BCUT2D eigenvalue weighted by atomic mass is 9.71. The number of nitrogens with zero attached hydrogens (tertiary/aromatic N) is 3. The minimum Gasteiger partial charge on any atom is -0.507 e. The van der Waals surface area contributed by atoms with Gasteiger partial charge in [0.05, 0.1) is 18.2 Å². The third kappa shape index (κ3) is 4.16. The summed E-state index contributed by atoms with van der Waals surface area (Å²) < 4.78 is 17.7. The SMILES string of the molecule is Cc1cc2c(c(O)c1C)[C@@H]1C3Cc4c(O)c(C)c5c(c4[C@H](COC(=O)/C=C/c4ccccc4)N3[C@@H](C#N)[C@@H](C2)N1C)OCO5. The summed E-state index contributed by atoms with van der Waals surface area (Å²) in [5.74, 6) is 0.862. The molecular weight excluding hydrogens is 558 g/mol. The van der Waals surface area contributed by atoms with E-state index in [0.29, 0.717) is 41.0 Å². The van der Waals surface area contributed by atoms with E-state index in [9.17, 15) is 20.3 Å². The van der Waals surface area contributed by atoms with Gasteiger partial charge in [0.1, 0.15) is 24.1 Å². The number of ether oxygens (including phenoxy) is 3. The van der Waals surface area contributed by atoms with Crippen molar-refractivity contribution in [1.82, 2.24) is 9.80 Å². The standard InChI is InChI=1S/C35H35N3O6/c1-18-12-22-13-24-26(15-36)38-25(31(37(24)4)29(22)33(41)19(18)2)14-23-30(35-34(43-17-44-35)20(3)32(23)40)27(38)16-42-28(39)11-10-21-8-6-5-7-9-21/h5-12,24-27,31,40-41H,13-14,16-17H2,1-4H3/b11-10+/t24-,25?,26+,27+,31+/m1/s1. The van der Waals surface area contributed by atoms with Crippen LogP contribution in [0.4, 0.5) is 0 Å². The van der Waals surface area contributed by atoms with E-state index in [4.69, 9.17) is 14.2 Å². The summed E-state index contributed by atoms with van der Waals surface area (Å²) >= 11 is 0. The van der Waals surface area contributed by atoms with Crippen LogP contribution in [0.25, 0.3) is 6.08 Å². The van der Waals surface area contributed by atoms with Crippen molar-refractivity contribution >= 4 is 12.0 Å². The molecule has 5 atom stereocenters. The Labute approximate surface area is 256 Å². The van der Waals surface area contributed by atoms with Gasteiger partial charge in [-0.1, -0.05) is 36.4 Å². The first kappa shape index (κ1) is 28.3. The summed E-state index contributed by atoms with van der Waals surface area (Å²) in [7, 11) is 2.01. The topological polar surface area (TPSA) is 115 Å². The molecule has 7 rings (SSSR count). The van der Waals surface area contributed by atoms with Crippen LogP contribution in [0.1, 0.15) is 56.6 Å². The highest BCUT2D eigenvalue weighted by Gasteiger charge is 2.56. The Balaban J connectivity index is 1.35. The van der Waals surface area contributed by atoms with Gasteiger partial charge in [-0.3, -0.25) is 9.80 Å². The Kier molecular flexibility index (Phi) is 6.80. The zero-order chi connectivity index (χ0) is 30.9. The van der Waals surface area contributed by atoms with Crippen molar-refractivity contribution in [2.75, 3.05) is 20.4 Å². The van der Waals surface area contributed by atoms with Crippen molar-refractivity contribution in [3.05, 3.63) is 87.0 Å². The molecule has 2 N–H and O–H groups in total. The number of hydrogen-bond donors (Lipinski definition) is 2. The fraction of sp³-hybridized carbons (Fsp3) is 0.371. The van der Waals surface area contributed by atoms with Gasteiger partial charge in [-0.25, -0.2) is 4.79 Å². The number of hydrogen-bond acceptors (Lipinski definition) is 9. The summed E-state index contributed by atoms with van der Waals surface area (Å²) in [6.07, 6.45) is 4.09. The molecule has 226 valence electrons. The van der Waals surface area contributed by atoms with Crippen molar-refractivity contribution in [2.45, 2.75) is 63.8 Å². The number of carbonyl (C=O) groups excluding carboxylic acids is 1. The highest BCUT2D eigenvalue weighted by molar-refractivity contribution is 5.87. The molecule has 3 aromatic carbocycles. The monoisotopic (exact) mass is 593 g/mol. The molecule has 3 aromatic rings. The van der Waals surface area contributed by atoms with Gasteiger partial charge in [-0.05, 0) is 69.0 Å². The summed E-state index contributed by atoms with van der Waals surface area (Å²) in [5.41, 5.74) is 6.58. The normalized spacial score (nSPS) is 25.2. The van der Waals surface area contributed by atoms with Crippen LogP contribution in [0.3, 0.4) is 0 Å². The van der Waals surface area contributed by atoms with Gasteiger partial charge in [0.15, 0.2) is 11.5 Å². The second-order valence-corrected chi connectivity index (χ2v) is 12.2. The molecule has 4 heterocycles. The van der Waals surface area contributed by atoms with E-state index >= 15 is 0 Å². The molecule has 0 aromatic heterocycles. The lowest BCUT2D eigenvalue weighted by Crippen LogP contribution is -2.68. The van der Waals surface area contributed by atoms with Gasteiger partial charge in [-0.2, -0.15) is 5.26 Å². The number of aryl methyl sites for hydroxylation is 1. The number of aromatic hydroxyl groups is 2. The van der Waals surface area contributed by atoms with E-state index < -0.39 is 18.1 Å². The third-order valence-corrected chi connectivity index (χ3v) is 10.1. The highest BCUT2D eigenvalue weighted by atomic mass is 16.7. The van der Waals surface area contributed by atoms with E-state index in [2.05, 4.69) is 21.9 Å². The zero-order valence-corrected chi connectivity index (χ0v) is 25.2. The van der Waals surface area contributed by atoms with Crippen molar-refractivity contribution in [3.63, 3.8) is 0 Å². The van der Waals surface area contributed by atoms with Crippen LogP contribution >= 0.6 is 0 Å². The molecule has 0 saturated carbocycles. The van der Waals surface area contributed by atoms with Crippen LogP contribution < -0.4 is 9.47 Å². The van der Waals surface area contributed by atoms with E-state index in [1.807, 2.05) is 51.2 Å². The lowest BCUT2D eigenvalue weighted by Gasteiger charge is -2.59. The van der Waals surface area contributed by atoms with Crippen LogP contribution in [0.2, 0.25) is 0 Å². The zero-order valence-electron chi connectivity index (χ0n) is 25.2. The number of carbonyl (C=O) groups is 1. The molecule has 0 spiro atoms. The Morgan fingerprint density at radius 3 is 2.55 bits per heavy atom. The largest absolute Gasteiger partial charge is 0.507 e. The van der Waals surface area contributed by atoms with Gasteiger partial charge in [0.2, 0.25) is 6.79 Å². The van der Waals surface area contributed by atoms with Crippen molar-refractivity contribution < 1.29 is 29.2 Å². The molecular formula is C35H35N3O6. The second-order valence-electron chi connectivity index (χ2n) is 12.2. The molecule has 2 bridgehead atoms. The van der Waals surface area contributed by atoms with Gasteiger partial charge in [0, 0.05) is 40.4 Å². The number of phenolic OH excluding ortho intramolecular Hbond substituents is 2. The van der Waals surface area contributed by atoms with Crippen LogP contribution in [0.5, 0.6) is 23.0 Å². The number of phenols is 2. The molecule has 1 unspecified atom stereocenters. The molecule has 0 amide bonds. The average Bonchev–Trinajstić information content (AvgIpc) is 3.51. The minimum absolute atomic E-state index is 0.0113. The van der Waals surface area contributed by atoms with E-state index in [0.717, 1.165) is 27.8 Å². The number of rotatable bonds is 4. The van der Waals surface area contributed by atoms with Crippen LogP contribution in [-0.4, -0.2) is 64.6 Å². The fourth-order valence-electron chi connectivity index (χ4n) is 7.81. The highest BCUT2D eigenvalue weighted by Crippen LogP contribution is 2.57. The van der Waals surface area contributed by atoms with Gasteiger partial charge in [0.25, 0.3) is 0 Å². The molecule has 44 heavy (non-hydrogen) atoms. The Hall–Kier alpha value is -4.52. The summed E-state index contributed by atoms with van der Waals surface area (Å²) in [6.45, 7) is 5.67. The Morgan fingerprint density at radius 1 is 1.05 bits per heavy atom. The number of piperazine rings is 1. The molecule has 1 saturated heterocycles. The molecule has 4 aliphatic rings. The second kappa shape index (κ2) is 10.6. The predicted molar refractivity (Wildman–Crippen MR) is 162 cm³/mol. The maximum Gasteiger partial charge on any atom is 0.330 e.